The van der Waals surface area contributed by atoms with Crippen LogP contribution in [0.1, 0.15) is 12.0 Å². The number of nitrogens with two attached hydrogens (primary N) is 1. The second-order valence-electron chi connectivity index (χ2n) is 5.26. The standard InChI is InChI=1S/C16H24N2O6S/c1-23-14-9-11(3-4-13(14)19)10-15(20)18(22)6-7-24-16(21)12(17)5-8-25-2/h3-4,9,12,19,22H,5-8,10,17H2,1-2H3/t12-/m0/s1. The number of phenols is 1. The van der Waals surface area contributed by atoms with Crippen molar-refractivity contribution in [1.82, 2.24) is 5.06 Å². The number of carbonyl (C=O) groups excluding carboxylic acids is 2. The highest BCUT2D eigenvalue weighted by Gasteiger charge is 2.17. The topological polar surface area (TPSA) is 122 Å². The van der Waals surface area contributed by atoms with Gasteiger partial charge in [-0.1, -0.05) is 6.07 Å². The van der Waals surface area contributed by atoms with Crippen LogP contribution >= 0.6 is 11.8 Å². The van der Waals surface area contributed by atoms with E-state index in [0.29, 0.717) is 17.0 Å². The minimum absolute atomic E-state index is 0.0377. The molecule has 0 aliphatic heterocycles. The van der Waals surface area contributed by atoms with Gasteiger partial charge in [0.2, 0.25) is 5.91 Å². The maximum absolute atomic E-state index is 12.0. The molecule has 4 N–H and O–H groups in total. The van der Waals surface area contributed by atoms with Crippen molar-refractivity contribution in [2.24, 2.45) is 5.73 Å². The van der Waals surface area contributed by atoms with Gasteiger partial charge in [-0.15, -0.1) is 0 Å². The zero-order valence-corrected chi connectivity index (χ0v) is 15.1. The van der Waals surface area contributed by atoms with Crippen LogP contribution in [0.25, 0.3) is 0 Å². The van der Waals surface area contributed by atoms with E-state index >= 15 is 0 Å². The number of esters is 1. The first-order chi connectivity index (χ1) is 11.9. The van der Waals surface area contributed by atoms with Crippen molar-refractivity contribution in [2.75, 3.05) is 32.3 Å². The first-order valence-corrected chi connectivity index (χ1v) is 9.04. The van der Waals surface area contributed by atoms with E-state index in [1.807, 2.05) is 6.26 Å². The van der Waals surface area contributed by atoms with E-state index in [0.717, 1.165) is 5.75 Å². The van der Waals surface area contributed by atoms with Crippen molar-refractivity contribution in [3.63, 3.8) is 0 Å². The van der Waals surface area contributed by atoms with Crippen molar-refractivity contribution >= 4 is 23.6 Å². The molecule has 9 heteroatoms. The van der Waals surface area contributed by atoms with Crippen LogP contribution in [0.4, 0.5) is 0 Å². The number of benzene rings is 1. The maximum Gasteiger partial charge on any atom is 0.323 e. The van der Waals surface area contributed by atoms with Crippen LogP contribution in [0.15, 0.2) is 18.2 Å². The number of rotatable bonds is 10. The molecule has 25 heavy (non-hydrogen) atoms. The third-order valence-electron chi connectivity index (χ3n) is 3.37. The lowest BCUT2D eigenvalue weighted by Crippen LogP contribution is -2.36. The molecule has 1 rings (SSSR count). The van der Waals surface area contributed by atoms with Gasteiger partial charge in [0.25, 0.3) is 0 Å². The van der Waals surface area contributed by atoms with Gasteiger partial charge in [-0.05, 0) is 36.1 Å². The Bertz CT molecular complexity index is 584. The highest BCUT2D eigenvalue weighted by atomic mass is 32.2. The van der Waals surface area contributed by atoms with E-state index in [9.17, 15) is 19.9 Å². The molecule has 0 saturated heterocycles. The summed E-state index contributed by atoms with van der Waals surface area (Å²) in [4.78, 5) is 23.6. The van der Waals surface area contributed by atoms with E-state index in [1.54, 1.807) is 17.8 Å². The van der Waals surface area contributed by atoms with E-state index in [4.69, 9.17) is 15.2 Å². The number of hydrogen-bond donors (Lipinski definition) is 3. The average Bonchev–Trinajstić information content (AvgIpc) is 2.60. The van der Waals surface area contributed by atoms with Crippen LogP contribution in [-0.4, -0.2) is 65.6 Å². The average molecular weight is 372 g/mol. The molecule has 0 aliphatic rings. The number of methoxy groups -OCH3 is 1. The lowest BCUT2D eigenvalue weighted by atomic mass is 10.1. The van der Waals surface area contributed by atoms with Crippen molar-refractivity contribution < 1.29 is 29.4 Å². The Morgan fingerprint density at radius 3 is 2.76 bits per heavy atom. The minimum atomic E-state index is -0.709. The number of hydroxylamine groups is 2. The van der Waals surface area contributed by atoms with E-state index in [-0.39, 0.29) is 31.1 Å². The summed E-state index contributed by atoms with van der Waals surface area (Å²) in [6.45, 7) is -0.304. The predicted octanol–water partition coefficient (Wildman–Crippen LogP) is 0.785. The van der Waals surface area contributed by atoms with Crippen molar-refractivity contribution in [1.29, 1.82) is 0 Å². The molecular formula is C16H24N2O6S. The fraction of sp³-hybridized carbons (Fsp3) is 0.500. The number of hydrogen-bond acceptors (Lipinski definition) is 8. The Labute approximate surface area is 150 Å². The van der Waals surface area contributed by atoms with Crippen LogP contribution in [0.3, 0.4) is 0 Å². The SMILES string of the molecule is COc1cc(CC(=O)N(O)CCOC(=O)[C@@H](N)CCSC)ccc1O. The Balaban J connectivity index is 2.40. The summed E-state index contributed by atoms with van der Waals surface area (Å²) in [6.07, 6.45) is 2.33. The smallest absolute Gasteiger partial charge is 0.323 e. The van der Waals surface area contributed by atoms with Crippen LogP contribution in [0.5, 0.6) is 11.5 Å². The van der Waals surface area contributed by atoms with E-state index in [2.05, 4.69) is 0 Å². The van der Waals surface area contributed by atoms with Gasteiger partial charge in [0.05, 0.1) is 20.1 Å². The Hall–Kier alpha value is -1.97. The number of ether oxygens (including phenoxy) is 2. The third-order valence-corrected chi connectivity index (χ3v) is 4.01. The number of carbonyl (C=O) groups is 2. The number of phenolic OH excluding ortho intramolecular Hbond substituents is 1. The molecular weight excluding hydrogens is 348 g/mol. The van der Waals surface area contributed by atoms with Crippen LogP contribution < -0.4 is 10.5 Å². The Morgan fingerprint density at radius 1 is 1.40 bits per heavy atom. The molecule has 0 unspecified atom stereocenters. The van der Waals surface area contributed by atoms with Gasteiger partial charge in [-0.2, -0.15) is 11.8 Å². The second kappa shape index (κ2) is 10.8. The molecule has 1 aromatic rings. The summed E-state index contributed by atoms with van der Waals surface area (Å²) in [5, 5.41) is 19.7. The summed E-state index contributed by atoms with van der Waals surface area (Å²) >= 11 is 1.58. The fourth-order valence-corrected chi connectivity index (χ4v) is 2.41. The van der Waals surface area contributed by atoms with E-state index in [1.165, 1.54) is 19.2 Å². The quantitative estimate of drug-likeness (QED) is 0.313. The van der Waals surface area contributed by atoms with Crippen molar-refractivity contribution in [2.45, 2.75) is 18.9 Å². The minimum Gasteiger partial charge on any atom is -0.504 e. The monoisotopic (exact) mass is 372 g/mol. The van der Waals surface area contributed by atoms with Crippen molar-refractivity contribution in [3.8, 4) is 11.5 Å². The third kappa shape index (κ3) is 7.20. The normalized spacial score (nSPS) is 11.7. The molecule has 0 aliphatic carbocycles. The molecule has 1 amide bonds. The molecule has 140 valence electrons. The molecule has 8 nitrogen and oxygen atoms in total. The predicted molar refractivity (Wildman–Crippen MR) is 93.8 cm³/mol. The van der Waals surface area contributed by atoms with E-state index < -0.39 is 17.9 Å². The van der Waals surface area contributed by atoms with Gasteiger partial charge >= 0.3 is 5.97 Å². The molecule has 0 spiro atoms. The Morgan fingerprint density at radius 2 is 2.12 bits per heavy atom. The number of thioether (sulfide) groups is 1. The van der Waals surface area contributed by atoms with Crippen LogP contribution in [0, 0.1) is 0 Å². The molecule has 0 saturated carbocycles. The maximum atomic E-state index is 12.0. The zero-order chi connectivity index (χ0) is 18.8. The molecule has 0 fully saturated rings. The Kier molecular flexibility index (Phi) is 9.11. The van der Waals surface area contributed by atoms with Crippen LogP contribution in [0.2, 0.25) is 0 Å². The summed E-state index contributed by atoms with van der Waals surface area (Å²) in [6, 6.07) is 3.75. The fourth-order valence-electron chi connectivity index (χ4n) is 1.92. The number of aromatic hydroxyl groups is 1. The second-order valence-corrected chi connectivity index (χ2v) is 6.24. The first kappa shape index (κ1) is 21.1. The van der Waals surface area contributed by atoms with Crippen LogP contribution in [-0.2, 0) is 20.7 Å². The summed E-state index contributed by atoms with van der Waals surface area (Å²) in [5.74, 6) is -0.183. The first-order valence-electron chi connectivity index (χ1n) is 7.65. The zero-order valence-electron chi connectivity index (χ0n) is 14.3. The summed E-state index contributed by atoms with van der Waals surface area (Å²) in [7, 11) is 1.40. The van der Waals surface area contributed by atoms with Crippen molar-refractivity contribution in [3.05, 3.63) is 23.8 Å². The lowest BCUT2D eigenvalue weighted by Gasteiger charge is -2.16. The molecule has 0 aromatic heterocycles. The molecule has 1 aromatic carbocycles. The molecule has 0 radical (unpaired) electrons. The number of amides is 1. The van der Waals surface area contributed by atoms with Gasteiger partial charge in [0.1, 0.15) is 12.6 Å². The largest absolute Gasteiger partial charge is 0.504 e. The number of nitrogens with zero attached hydrogens (tertiary/aromatic N) is 1. The molecule has 1 atom stereocenters. The highest BCUT2D eigenvalue weighted by Crippen LogP contribution is 2.26. The summed E-state index contributed by atoms with van der Waals surface area (Å²) < 4.78 is 9.91. The lowest BCUT2D eigenvalue weighted by molar-refractivity contribution is -0.170. The van der Waals surface area contributed by atoms with Gasteiger partial charge in [-0.25, -0.2) is 5.06 Å². The van der Waals surface area contributed by atoms with Gasteiger partial charge < -0.3 is 20.3 Å². The van der Waals surface area contributed by atoms with Gasteiger partial charge in [0, 0.05) is 0 Å². The van der Waals surface area contributed by atoms with Gasteiger partial charge in [0.15, 0.2) is 11.5 Å². The summed E-state index contributed by atoms with van der Waals surface area (Å²) in [5.41, 5.74) is 6.22. The van der Waals surface area contributed by atoms with Gasteiger partial charge in [-0.3, -0.25) is 14.8 Å². The molecule has 0 heterocycles. The highest BCUT2D eigenvalue weighted by molar-refractivity contribution is 7.98. The molecule has 0 bridgehead atoms.